The van der Waals surface area contributed by atoms with Gasteiger partial charge in [0, 0.05) is 19.3 Å². The van der Waals surface area contributed by atoms with Gasteiger partial charge < -0.3 is 20.1 Å². The molecule has 0 aliphatic carbocycles. The third kappa shape index (κ3) is 7.01. The van der Waals surface area contributed by atoms with E-state index in [0.717, 1.165) is 5.69 Å². The fraction of sp³-hybridized carbons (Fsp3) is 0.462. The van der Waals surface area contributed by atoms with Crippen LogP contribution in [0.2, 0.25) is 0 Å². The molecule has 1 aromatic rings. The van der Waals surface area contributed by atoms with Crippen molar-refractivity contribution >= 4 is 11.6 Å². The van der Waals surface area contributed by atoms with Crippen LogP contribution in [0, 0.1) is 0 Å². The minimum atomic E-state index is -0.0573. The topological polar surface area (TPSA) is 59.6 Å². The van der Waals surface area contributed by atoms with Crippen molar-refractivity contribution in [3.8, 4) is 0 Å². The number of para-hydroxylation sites is 1. The number of ether oxygens (including phenoxy) is 2. The number of amides is 1. The Morgan fingerprint density at radius 1 is 1.17 bits per heavy atom. The van der Waals surface area contributed by atoms with Crippen molar-refractivity contribution in [2.45, 2.75) is 0 Å². The van der Waals surface area contributed by atoms with E-state index in [1.165, 1.54) is 0 Å². The monoisotopic (exact) mass is 252 g/mol. The van der Waals surface area contributed by atoms with Crippen LogP contribution in [0.3, 0.4) is 0 Å². The first-order valence-electron chi connectivity index (χ1n) is 5.95. The lowest BCUT2D eigenvalue weighted by atomic mass is 10.3. The summed E-state index contributed by atoms with van der Waals surface area (Å²) in [6, 6.07) is 9.38. The molecule has 0 saturated heterocycles. The third-order valence-electron chi connectivity index (χ3n) is 2.20. The molecule has 0 heterocycles. The zero-order chi connectivity index (χ0) is 13.1. The van der Waals surface area contributed by atoms with Crippen LogP contribution in [0.15, 0.2) is 30.3 Å². The Bertz CT molecular complexity index is 330. The Kier molecular flexibility index (Phi) is 7.79. The second kappa shape index (κ2) is 9.58. The van der Waals surface area contributed by atoms with Crippen LogP contribution in [0.4, 0.5) is 5.69 Å². The quantitative estimate of drug-likeness (QED) is 0.640. The molecular formula is C13H20N2O3. The summed E-state index contributed by atoms with van der Waals surface area (Å²) >= 11 is 0. The van der Waals surface area contributed by atoms with E-state index < -0.39 is 0 Å². The highest BCUT2D eigenvalue weighted by Crippen LogP contribution is 2.03. The molecular weight excluding hydrogens is 232 g/mol. The molecule has 0 bridgehead atoms. The zero-order valence-corrected chi connectivity index (χ0v) is 10.6. The number of methoxy groups -OCH3 is 1. The summed E-state index contributed by atoms with van der Waals surface area (Å²) in [5.41, 5.74) is 0.806. The van der Waals surface area contributed by atoms with Crippen LogP contribution in [0.25, 0.3) is 0 Å². The summed E-state index contributed by atoms with van der Waals surface area (Å²) in [4.78, 5) is 11.5. The molecule has 1 amide bonds. The van der Waals surface area contributed by atoms with Crippen molar-refractivity contribution in [2.24, 2.45) is 0 Å². The summed E-state index contributed by atoms with van der Waals surface area (Å²) in [5, 5.41) is 5.80. The molecule has 0 atom stereocenters. The lowest BCUT2D eigenvalue weighted by molar-refractivity contribution is -0.115. The molecule has 100 valence electrons. The minimum Gasteiger partial charge on any atom is -0.382 e. The maximum atomic E-state index is 11.5. The van der Waals surface area contributed by atoms with E-state index in [2.05, 4.69) is 10.6 Å². The third-order valence-corrected chi connectivity index (χ3v) is 2.20. The van der Waals surface area contributed by atoms with Crippen molar-refractivity contribution in [1.82, 2.24) is 5.32 Å². The number of hydrogen-bond donors (Lipinski definition) is 2. The lowest BCUT2D eigenvalue weighted by Crippen LogP contribution is -2.30. The molecule has 0 radical (unpaired) electrons. The molecule has 0 unspecified atom stereocenters. The van der Waals surface area contributed by atoms with Gasteiger partial charge in [0.25, 0.3) is 0 Å². The van der Waals surface area contributed by atoms with E-state index in [-0.39, 0.29) is 12.5 Å². The lowest BCUT2D eigenvalue weighted by Gasteiger charge is -2.07. The van der Waals surface area contributed by atoms with Gasteiger partial charge in [0.05, 0.1) is 26.4 Å². The molecule has 1 aromatic carbocycles. The number of carbonyl (C=O) groups is 1. The normalized spacial score (nSPS) is 10.3. The van der Waals surface area contributed by atoms with E-state index in [9.17, 15) is 4.79 Å². The van der Waals surface area contributed by atoms with E-state index in [1.807, 2.05) is 30.3 Å². The minimum absolute atomic E-state index is 0.0573. The average Bonchev–Trinajstić information content (AvgIpc) is 2.39. The highest BCUT2D eigenvalue weighted by atomic mass is 16.5. The molecule has 0 aliphatic rings. The standard InChI is InChI=1S/C13H20N2O3/c1-17-9-10-18-8-7-14-11-13(16)15-12-5-3-2-4-6-12/h2-6,14H,7-11H2,1H3,(H,15,16). The zero-order valence-electron chi connectivity index (χ0n) is 10.6. The molecule has 18 heavy (non-hydrogen) atoms. The molecule has 1 rings (SSSR count). The van der Waals surface area contributed by atoms with E-state index >= 15 is 0 Å². The maximum Gasteiger partial charge on any atom is 0.238 e. The van der Waals surface area contributed by atoms with Gasteiger partial charge >= 0.3 is 0 Å². The molecule has 0 saturated carbocycles. The first-order valence-corrected chi connectivity index (χ1v) is 5.95. The van der Waals surface area contributed by atoms with Gasteiger partial charge in [0.1, 0.15) is 0 Å². The van der Waals surface area contributed by atoms with E-state index in [4.69, 9.17) is 9.47 Å². The summed E-state index contributed by atoms with van der Waals surface area (Å²) < 4.78 is 10.1. The van der Waals surface area contributed by atoms with E-state index in [0.29, 0.717) is 26.4 Å². The number of anilines is 1. The summed E-state index contributed by atoms with van der Waals surface area (Å²) in [6.07, 6.45) is 0. The van der Waals surface area contributed by atoms with Gasteiger partial charge in [-0.1, -0.05) is 18.2 Å². The molecule has 5 heteroatoms. The van der Waals surface area contributed by atoms with Crippen molar-refractivity contribution in [2.75, 3.05) is 45.3 Å². The Morgan fingerprint density at radius 2 is 1.94 bits per heavy atom. The number of hydrogen-bond acceptors (Lipinski definition) is 4. The van der Waals surface area contributed by atoms with Gasteiger partial charge in [0.15, 0.2) is 0 Å². The molecule has 0 aromatic heterocycles. The van der Waals surface area contributed by atoms with Crippen molar-refractivity contribution < 1.29 is 14.3 Å². The number of benzene rings is 1. The van der Waals surface area contributed by atoms with Crippen LogP contribution in [-0.2, 0) is 14.3 Å². The maximum absolute atomic E-state index is 11.5. The number of carbonyl (C=O) groups excluding carboxylic acids is 1. The number of nitrogens with one attached hydrogen (secondary N) is 2. The molecule has 2 N–H and O–H groups in total. The second-order valence-corrected chi connectivity index (χ2v) is 3.70. The molecule has 0 aliphatic heterocycles. The Morgan fingerprint density at radius 3 is 2.67 bits per heavy atom. The van der Waals surface area contributed by atoms with Gasteiger partial charge in [-0.15, -0.1) is 0 Å². The summed E-state index contributed by atoms with van der Waals surface area (Å²) in [5.74, 6) is -0.0573. The molecule has 0 spiro atoms. The molecule has 5 nitrogen and oxygen atoms in total. The average molecular weight is 252 g/mol. The Labute approximate surface area is 107 Å². The highest BCUT2D eigenvalue weighted by Gasteiger charge is 2.00. The second-order valence-electron chi connectivity index (χ2n) is 3.70. The fourth-order valence-corrected chi connectivity index (χ4v) is 1.32. The van der Waals surface area contributed by atoms with Crippen LogP contribution >= 0.6 is 0 Å². The Hall–Kier alpha value is -1.43. The van der Waals surface area contributed by atoms with Gasteiger partial charge in [-0.05, 0) is 12.1 Å². The van der Waals surface area contributed by atoms with Crippen LogP contribution < -0.4 is 10.6 Å². The SMILES string of the molecule is COCCOCCNCC(=O)Nc1ccccc1. The van der Waals surface area contributed by atoms with Crippen LogP contribution in [-0.4, -0.2) is 45.9 Å². The first-order chi connectivity index (χ1) is 8.83. The van der Waals surface area contributed by atoms with Crippen LogP contribution in [0.5, 0.6) is 0 Å². The van der Waals surface area contributed by atoms with Gasteiger partial charge in [0.2, 0.25) is 5.91 Å². The van der Waals surface area contributed by atoms with Crippen molar-refractivity contribution in [3.05, 3.63) is 30.3 Å². The summed E-state index contributed by atoms with van der Waals surface area (Å²) in [6.45, 7) is 2.67. The van der Waals surface area contributed by atoms with Crippen molar-refractivity contribution in [3.63, 3.8) is 0 Å². The molecule has 0 fully saturated rings. The first kappa shape index (κ1) is 14.6. The Balaban J connectivity index is 2.00. The predicted octanol–water partition coefficient (Wildman–Crippen LogP) is 0.878. The highest BCUT2D eigenvalue weighted by molar-refractivity contribution is 5.92. The predicted molar refractivity (Wildman–Crippen MR) is 70.6 cm³/mol. The van der Waals surface area contributed by atoms with Crippen LogP contribution in [0.1, 0.15) is 0 Å². The van der Waals surface area contributed by atoms with Gasteiger partial charge in [-0.25, -0.2) is 0 Å². The van der Waals surface area contributed by atoms with E-state index in [1.54, 1.807) is 7.11 Å². The van der Waals surface area contributed by atoms with Gasteiger partial charge in [-0.3, -0.25) is 4.79 Å². The fourth-order valence-electron chi connectivity index (χ4n) is 1.32. The largest absolute Gasteiger partial charge is 0.382 e. The number of rotatable bonds is 9. The van der Waals surface area contributed by atoms with Crippen molar-refractivity contribution in [1.29, 1.82) is 0 Å². The summed E-state index contributed by atoms with van der Waals surface area (Å²) in [7, 11) is 1.63. The smallest absolute Gasteiger partial charge is 0.238 e. The van der Waals surface area contributed by atoms with Gasteiger partial charge in [-0.2, -0.15) is 0 Å².